The van der Waals surface area contributed by atoms with Crippen LogP contribution >= 0.6 is 0 Å². The van der Waals surface area contributed by atoms with Crippen LogP contribution in [0.4, 0.5) is 11.4 Å². The lowest BCUT2D eigenvalue weighted by molar-refractivity contribution is -0.120. The quantitative estimate of drug-likeness (QED) is 0.783. The lowest BCUT2D eigenvalue weighted by atomic mass is 9.86. The van der Waals surface area contributed by atoms with Crippen molar-refractivity contribution < 1.29 is 14.3 Å². The first-order valence-corrected chi connectivity index (χ1v) is 9.52. The number of amides is 2. The molecule has 28 heavy (non-hydrogen) atoms. The summed E-state index contributed by atoms with van der Waals surface area (Å²) in [6.07, 6.45) is 0.0726. The summed E-state index contributed by atoms with van der Waals surface area (Å²) in [6.45, 7) is 11.6. The average Bonchev–Trinajstić information content (AvgIpc) is 2.59. The molecule has 5 heteroatoms. The number of hydrogen-bond donors (Lipinski definition) is 1. The summed E-state index contributed by atoms with van der Waals surface area (Å²) < 4.78 is 5.63. The van der Waals surface area contributed by atoms with Crippen molar-refractivity contribution in [2.75, 3.05) is 16.8 Å². The maximum absolute atomic E-state index is 12.7. The van der Waals surface area contributed by atoms with Crippen LogP contribution in [0.15, 0.2) is 48.5 Å². The van der Waals surface area contributed by atoms with Gasteiger partial charge in [0.25, 0.3) is 0 Å². The number of benzene rings is 2. The van der Waals surface area contributed by atoms with Crippen LogP contribution in [-0.2, 0) is 15.0 Å². The Bertz CT molecular complexity index is 820. The Labute approximate surface area is 167 Å². The second-order valence-corrected chi connectivity index (χ2v) is 8.11. The molecule has 1 N–H and O–H groups in total. The molecule has 0 atom stereocenters. The summed E-state index contributed by atoms with van der Waals surface area (Å²) in [7, 11) is 0. The minimum absolute atomic E-state index is 0.0573. The van der Waals surface area contributed by atoms with E-state index >= 15 is 0 Å². The lowest BCUT2D eigenvalue weighted by Crippen LogP contribution is -2.37. The third-order valence-corrected chi connectivity index (χ3v) is 4.21. The predicted octanol–water partition coefficient (Wildman–Crippen LogP) is 4.76. The molecule has 0 aromatic heterocycles. The van der Waals surface area contributed by atoms with E-state index in [-0.39, 0.29) is 29.9 Å². The second kappa shape index (κ2) is 8.91. The highest BCUT2D eigenvalue weighted by molar-refractivity contribution is 6.02. The Hall–Kier alpha value is -2.82. The second-order valence-electron chi connectivity index (χ2n) is 8.11. The van der Waals surface area contributed by atoms with E-state index in [0.717, 1.165) is 17.0 Å². The summed E-state index contributed by atoms with van der Waals surface area (Å²) >= 11 is 0. The zero-order chi connectivity index (χ0) is 20.9. The molecule has 0 aliphatic rings. The standard InChI is InChI=1S/C23H30N2O3/c1-16(2)28-19-13-11-18(12-14-19)25(17(3)26)15-22(27)24-21-10-8-7-9-20(21)23(4,5)6/h7-14,16H,15H2,1-6H3,(H,24,27). The third kappa shape index (κ3) is 5.84. The van der Waals surface area contributed by atoms with Crippen molar-refractivity contribution in [2.24, 2.45) is 0 Å². The highest BCUT2D eigenvalue weighted by Crippen LogP contribution is 2.29. The van der Waals surface area contributed by atoms with Crippen molar-refractivity contribution in [1.29, 1.82) is 0 Å². The van der Waals surface area contributed by atoms with Gasteiger partial charge in [0.2, 0.25) is 11.8 Å². The Morgan fingerprint density at radius 3 is 2.18 bits per heavy atom. The van der Waals surface area contributed by atoms with Gasteiger partial charge in [0.15, 0.2) is 0 Å². The van der Waals surface area contributed by atoms with Gasteiger partial charge in [-0.05, 0) is 55.2 Å². The fourth-order valence-corrected chi connectivity index (χ4v) is 2.94. The Kier molecular flexibility index (Phi) is 6.84. The van der Waals surface area contributed by atoms with E-state index in [2.05, 4.69) is 26.1 Å². The molecule has 5 nitrogen and oxygen atoms in total. The fraction of sp³-hybridized carbons (Fsp3) is 0.391. The van der Waals surface area contributed by atoms with Gasteiger partial charge in [0, 0.05) is 18.3 Å². The van der Waals surface area contributed by atoms with Crippen LogP contribution in [0, 0.1) is 0 Å². The van der Waals surface area contributed by atoms with Crippen LogP contribution in [0.1, 0.15) is 47.1 Å². The summed E-state index contributed by atoms with van der Waals surface area (Å²) in [4.78, 5) is 26.3. The molecule has 0 spiro atoms. The van der Waals surface area contributed by atoms with Crippen LogP contribution in [0.2, 0.25) is 0 Å². The number of carbonyl (C=O) groups is 2. The Morgan fingerprint density at radius 1 is 1.04 bits per heavy atom. The molecule has 0 saturated carbocycles. The number of carbonyl (C=O) groups excluding carboxylic acids is 2. The van der Waals surface area contributed by atoms with E-state index in [1.54, 1.807) is 24.3 Å². The summed E-state index contributed by atoms with van der Waals surface area (Å²) in [5, 5.41) is 2.95. The molecule has 0 heterocycles. The topological polar surface area (TPSA) is 58.6 Å². The first-order valence-electron chi connectivity index (χ1n) is 9.52. The van der Waals surface area contributed by atoms with E-state index in [9.17, 15) is 9.59 Å². The third-order valence-electron chi connectivity index (χ3n) is 4.21. The van der Waals surface area contributed by atoms with Crippen molar-refractivity contribution in [3.05, 3.63) is 54.1 Å². The van der Waals surface area contributed by atoms with Crippen LogP contribution < -0.4 is 15.0 Å². The number of nitrogens with one attached hydrogen (secondary N) is 1. The fourth-order valence-electron chi connectivity index (χ4n) is 2.94. The molecule has 2 aromatic carbocycles. The molecule has 2 rings (SSSR count). The number of nitrogens with zero attached hydrogens (tertiary/aromatic N) is 1. The van der Waals surface area contributed by atoms with E-state index in [1.807, 2.05) is 38.1 Å². The molecule has 150 valence electrons. The van der Waals surface area contributed by atoms with Gasteiger partial charge in [-0.15, -0.1) is 0 Å². The van der Waals surface area contributed by atoms with E-state index in [1.165, 1.54) is 11.8 Å². The van der Waals surface area contributed by atoms with Crippen molar-refractivity contribution in [1.82, 2.24) is 0 Å². The largest absolute Gasteiger partial charge is 0.491 e. The van der Waals surface area contributed by atoms with Crippen LogP contribution in [-0.4, -0.2) is 24.5 Å². The Balaban J connectivity index is 2.15. The number of anilines is 2. The van der Waals surface area contributed by atoms with Gasteiger partial charge in [0.1, 0.15) is 12.3 Å². The molecule has 0 saturated heterocycles. The molecule has 0 aliphatic carbocycles. The molecule has 0 unspecified atom stereocenters. The normalized spacial score (nSPS) is 11.2. The van der Waals surface area contributed by atoms with Crippen molar-refractivity contribution in [2.45, 2.75) is 53.1 Å². The minimum atomic E-state index is -0.241. The number of para-hydroxylation sites is 1. The predicted molar refractivity (Wildman–Crippen MR) is 114 cm³/mol. The van der Waals surface area contributed by atoms with Crippen LogP contribution in [0.3, 0.4) is 0 Å². The highest BCUT2D eigenvalue weighted by atomic mass is 16.5. The SMILES string of the molecule is CC(=O)N(CC(=O)Nc1ccccc1C(C)(C)C)c1ccc(OC(C)C)cc1. The maximum Gasteiger partial charge on any atom is 0.244 e. The Morgan fingerprint density at radius 2 is 1.64 bits per heavy atom. The summed E-state index contributed by atoms with van der Waals surface area (Å²) in [5.41, 5.74) is 2.37. The van der Waals surface area contributed by atoms with Gasteiger partial charge >= 0.3 is 0 Å². The molecule has 2 amide bonds. The summed E-state index contributed by atoms with van der Waals surface area (Å²) in [6, 6.07) is 14.9. The molecule has 0 bridgehead atoms. The van der Waals surface area contributed by atoms with Crippen LogP contribution in [0.5, 0.6) is 5.75 Å². The van der Waals surface area contributed by atoms with Gasteiger partial charge < -0.3 is 15.0 Å². The molecular formula is C23H30N2O3. The summed E-state index contributed by atoms with van der Waals surface area (Å²) in [5.74, 6) is 0.289. The molecule has 2 aromatic rings. The minimum Gasteiger partial charge on any atom is -0.491 e. The molecule has 0 aliphatic heterocycles. The van der Waals surface area contributed by atoms with E-state index in [0.29, 0.717) is 5.69 Å². The highest BCUT2D eigenvalue weighted by Gasteiger charge is 2.20. The molecular weight excluding hydrogens is 352 g/mol. The van der Waals surface area contributed by atoms with Gasteiger partial charge in [-0.3, -0.25) is 9.59 Å². The monoisotopic (exact) mass is 382 g/mol. The van der Waals surface area contributed by atoms with Crippen molar-refractivity contribution in [3.63, 3.8) is 0 Å². The van der Waals surface area contributed by atoms with Crippen molar-refractivity contribution >= 4 is 23.2 Å². The van der Waals surface area contributed by atoms with Gasteiger partial charge in [-0.25, -0.2) is 0 Å². The number of ether oxygens (including phenoxy) is 1. The molecule has 0 radical (unpaired) electrons. The van der Waals surface area contributed by atoms with Gasteiger partial charge in [0.05, 0.1) is 6.10 Å². The number of hydrogen-bond acceptors (Lipinski definition) is 3. The van der Waals surface area contributed by atoms with Gasteiger partial charge in [-0.1, -0.05) is 39.0 Å². The van der Waals surface area contributed by atoms with Crippen LogP contribution in [0.25, 0.3) is 0 Å². The van der Waals surface area contributed by atoms with Crippen molar-refractivity contribution in [3.8, 4) is 5.75 Å². The molecule has 0 fully saturated rings. The van der Waals surface area contributed by atoms with E-state index < -0.39 is 0 Å². The van der Waals surface area contributed by atoms with E-state index in [4.69, 9.17) is 4.74 Å². The first kappa shape index (κ1) is 21.5. The average molecular weight is 383 g/mol. The number of rotatable bonds is 6. The smallest absolute Gasteiger partial charge is 0.244 e. The first-order chi connectivity index (χ1) is 13.1. The maximum atomic E-state index is 12.7. The lowest BCUT2D eigenvalue weighted by Gasteiger charge is -2.24. The van der Waals surface area contributed by atoms with Gasteiger partial charge in [-0.2, -0.15) is 0 Å². The zero-order valence-electron chi connectivity index (χ0n) is 17.6. The zero-order valence-corrected chi connectivity index (χ0v) is 17.6.